The van der Waals surface area contributed by atoms with Crippen LogP contribution in [0, 0.1) is 0 Å². The number of nitrogens with zero attached hydrogens (tertiary/aromatic N) is 2. The van der Waals surface area contributed by atoms with Gasteiger partial charge in [-0.25, -0.2) is 4.79 Å². The number of ether oxygens (including phenoxy) is 1. The van der Waals surface area contributed by atoms with E-state index < -0.39 is 11.7 Å². The van der Waals surface area contributed by atoms with E-state index in [4.69, 9.17) is 9.84 Å². The average Bonchev–Trinajstić information content (AvgIpc) is 2.48. The van der Waals surface area contributed by atoms with E-state index in [1.807, 2.05) is 20.8 Å². The van der Waals surface area contributed by atoms with Gasteiger partial charge in [0.1, 0.15) is 5.60 Å². The van der Waals surface area contributed by atoms with Crippen molar-refractivity contribution < 1.29 is 14.6 Å². The smallest absolute Gasteiger partial charge is 0.415 e. The van der Waals surface area contributed by atoms with E-state index >= 15 is 0 Å². The van der Waals surface area contributed by atoms with Gasteiger partial charge in [-0.15, -0.1) is 0 Å². The third kappa shape index (κ3) is 2.99. The molecule has 14 heavy (non-hydrogen) atoms. The van der Waals surface area contributed by atoms with E-state index in [1.54, 1.807) is 0 Å². The second-order valence-electron chi connectivity index (χ2n) is 4.23. The van der Waals surface area contributed by atoms with Crippen LogP contribution in [0.4, 0.5) is 4.79 Å². The van der Waals surface area contributed by atoms with E-state index in [-0.39, 0.29) is 12.6 Å². The van der Waals surface area contributed by atoms with Gasteiger partial charge in [0.05, 0.1) is 25.5 Å². The molecule has 1 aliphatic heterocycles. The number of hydrogen-bond donors (Lipinski definition) is 1. The SMILES string of the molecule is CC(C)(C)OC(=O)N1C=NC(CO)C1. The van der Waals surface area contributed by atoms with Crippen molar-refractivity contribution in [1.82, 2.24) is 4.90 Å². The average molecular weight is 200 g/mol. The second-order valence-corrected chi connectivity index (χ2v) is 4.23. The third-order valence-electron chi connectivity index (χ3n) is 1.66. The zero-order valence-electron chi connectivity index (χ0n) is 8.73. The van der Waals surface area contributed by atoms with Crippen LogP contribution in [0.3, 0.4) is 0 Å². The summed E-state index contributed by atoms with van der Waals surface area (Å²) >= 11 is 0. The molecule has 0 saturated heterocycles. The van der Waals surface area contributed by atoms with Crippen LogP contribution in [-0.2, 0) is 4.74 Å². The molecule has 0 radical (unpaired) electrons. The molecule has 0 aliphatic carbocycles. The molecular weight excluding hydrogens is 184 g/mol. The first kappa shape index (κ1) is 11.0. The van der Waals surface area contributed by atoms with Crippen LogP contribution in [0.25, 0.3) is 0 Å². The lowest BCUT2D eigenvalue weighted by Crippen LogP contribution is -2.36. The molecule has 1 aliphatic rings. The zero-order valence-corrected chi connectivity index (χ0v) is 8.73. The Morgan fingerprint density at radius 3 is 2.79 bits per heavy atom. The van der Waals surface area contributed by atoms with Gasteiger partial charge in [0.15, 0.2) is 0 Å². The summed E-state index contributed by atoms with van der Waals surface area (Å²) in [5.74, 6) is 0. The van der Waals surface area contributed by atoms with Crippen molar-refractivity contribution in [3.8, 4) is 0 Å². The van der Waals surface area contributed by atoms with E-state index in [2.05, 4.69) is 4.99 Å². The van der Waals surface area contributed by atoms with Crippen LogP contribution in [0.15, 0.2) is 4.99 Å². The lowest BCUT2D eigenvalue weighted by molar-refractivity contribution is 0.0378. The van der Waals surface area contributed by atoms with Crippen molar-refractivity contribution in [2.75, 3.05) is 13.2 Å². The molecule has 0 aromatic heterocycles. The van der Waals surface area contributed by atoms with E-state index in [0.717, 1.165) is 0 Å². The molecule has 0 aromatic rings. The largest absolute Gasteiger partial charge is 0.443 e. The number of carbonyl (C=O) groups excluding carboxylic acids is 1. The quantitative estimate of drug-likeness (QED) is 0.675. The first-order valence-electron chi connectivity index (χ1n) is 4.56. The molecule has 80 valence electrons. The monoisotopic (exact) mass is 200 g/mol. The molecular formula is C9H16N2O3. The maximum Gasteiger partial charge on any atom is 0.415 e. The maximum absolute atomic E-state index is 11.5. The second kappa shape index (κ2) is 3.96. The third-order valence-corrected chi connectivity index (χ3v) is 1.66. The van der Waals surface area contributed by atoms with Crippen LogP contribution in [0.5, 0.6) is 0 Å². The normalized spacial score (nSPS) is 21.4. The van der Waals surface area contributed by atoms with Crippen molar-refractivity contribution >= 4 is 12.4 Å². The van der Waals surface area contributed by atoms with Gasteiger partial charge in [-0.2, -0.15) is 0 Å². The molecule has 5 nitrogen and oxygen atoms in total. The van der Waals surface area contributed by atoms with Crippen molar-refractivity contribution in [2.45, 2.75) is 32.4 Å². The van der Waals surface area contributed by atoms with Gasteiger partial charge < -0.3 is 9.84 Å². The Labute approximate surface area is 83.4 Å². The van der Waals surface area contributed by atoms with Crippen molar-refractivity contribution in [3.05, 3.63) is 0 Å². The zero-order chi connectivity index (χ0) is 10.8. The topological polar surface area (TPSA) is 62.1 Å². The minimum Gasteiger partial charge on any atom is -0.443 e. The highest BCUT2D eigenvalue weighted by Gasteiger charge is 2.26. The molecule has 1 atom stereocenters. The van der Waals surface area contributed by atoms with Crippen molar-refractivity contribution in [2.24, 2.45) is 4.99 Å². The number of carbonyl (C=O) groups is 1. The molecule has 0 fully saturated rings. The molecule has 1 N–H and O–H groups in total. The summed E-state index contributed by atoms with van der Waals surface area (Å²) in [5.41, 5.74) is -0.498. The molecule has 1 amide bonds. The summed E-state index contributed by atoms with van der Waals surface area (Å²) in [5, 5.41) is 8.81. The molecule has 5 heteroatoms. The number of hydrogen-bond acceptors (Lipinski definition) is 4. The van der Waals surface area contributed by atoms with Gasteiger partial charge in [-0.05, 0) is 20.8 Å². The highest BCUT2D eigenvalue weighted by Crippen LogP contribution is 2.11. The van der Waals surface area contributed by atoms with Crippen LogP contribution >= 0.6 is 0 Å². The number of aliphatic hydroxyl groups is 1. The fourth-order valence-electron chi connectivity index (χ4n) is 1.04. The maximum atomic E-state index is 11.5. The van der Waals surface area contributed by atoms with Gasteiger partial charge in [0.2, 0.25) is 0 Å². The summed E-state index contributed by atoms with van der Waals surface area (Å²) in [6.07, 6.45) is 0.992. The predicted octanol–water partition coefficient (Wildman–Crippen LogP) is 0.626. The highest BCUT2D eigenvalue weighted by molar-refractivity contribution is 5.84. The lowest BCUT2D eigenvalue weighted by Gasteiger charge is -2.22. The highest BCUT2D eigenvalue weighted by atomic mass is 16.6. The van der Waals surface area contributed by atoms with Crippen molar-refractivity contribution in [1.29, 1.82) is 0 Å². The number of amides is 1. The van der Waals surface area contributed by atoms with Crippen LogP contribution in [0.2, 0.25) is 0 Å². The first-order valence-corrected chi connectivity index (χ1v) is 4.56. The molecule has 1 heterocycles. The Hall–Kier alpha value is -1.10. The molecule has 1 unspecified atom stereocenters. The summed E-state index contributed by atoms with van der Waals surface area (Å²) in [7, 11) is 0. The summed E-state index contributed by atoms with van der Waals surface area (Å²) in [6, 6.07) is -0.206. The summed E-state index contributed by atoms with van der Waals surface area (Å²) in [4.78, 5) is 16.8. The Morgan fingerprint density at radius 2 is 2.36 bits per heavy atom. The van der Waals surface area contributed by atoms with Gasteiger partial charge in [0.25, 0.3) is 0 Å². The fraction of sp³-hybridized carbons (Fsp3) is 0.778. The number of rotatable bonds is 1. The van der Waals surface area contributed by atoms with E-state index in [1.165, 1.54) is 11.2 Å². The first-order chi connectivity index (χ1) is 6.42. The Balaban J connectivity index is 2.45. The van der Waals surface area contributed by atoms with Crippen LogP contribution < -0.4 is 0 Å². The molecule has 0 saturated carbocycles. The van der Waals surface area contributed by atoms with Crippen LogP contribution in [-0.4, -0.2) is 47.2 Å². The van der Waals surface area contributed by atoms with Gasteiger partial charge in [0, 0.05) is 0 Å². The van der Waals surface area contributed by atoms with E-state index in [0.29, 0.717) is 6.54 Å². The minimum absolute atomic E-state index is 0.0458. The van der Waals surface area contributed by atoms with Crippen LogP contribution in [0.1, 0.15) is 20.8 Å². The summed E-state index contributed by atoms with van der Waals surface area (Å²) < 4.78 is 5.13. The van der Waals surface area contributed by atoms with Gasteiger partial charge in [-0.3, -0.25) is 9.89 Å². The lowest BCUT2D eigenvalue weighted by atomic mass is 10.2. The standard InChI is InChI=1S/C9H16N2O3/c1-9(2,3)14-8(13)11-4-7(5-12)10-6-11/h6-7,12H,4-5H2,1-3H3. The van der Waals surface area contributed by atoms with Crippen molar-refractivity contribution in [3.63, 3.8) is 0 Å². The Morgan fingerprint density at radius 1 is 1.71 bits per heavy atom. The predicted molar refractivity (Wildman–Crippen MR) is 52.3 cm³/mol. The van der Waals surface area contributed by atoms with Gasteiger partial charge >= 0.3 is 6.09 Å². The number of aliphatic hydroxyl groups excluding tert-OH is 1. The molecule has 0 spiro atoms. The Bertz CT molecular complexity index is 245. The molecule has 1 rings (SSSR count). The molecule has 0 aromatic carbocycles. The minimum atomic E-state index is -0.498. The fourth-order valence-corrected chi connectivity index (χ4v) is 1.04. The number of aliphatic imine (C=N–C) groups is 1. The molecule has 0 bridgehead atoms. The summed E-state index contributed by atoms with van der Waals surface area (Å²) in [6.45, 7) is 5.77. The Kier molecular flexibility index (Phi) is 3.10. The van der Waals surface area contributed by atoms with Gasteiger partial charge in [-0.1, -0.05) is 0 Å². The van der Waals surface area contributed by atoms with E-state index in [9.17, 15) is 4.79 Å².